The highest BCUT2D eigenvalue weighted by Gasteiger charge is 2.45. The molecule has 56 heavy (non-hydrogen) atoms. The van der Waals surface area contributed by atoms with E-state index in [1.54, 1.807) is 24.3 Å². The van der Waals surface area contributed by atoms with Gasteiger partial charge in [-0.2, -0.15) is 28.1 Å². The van der Waals surface area contributed by atoms with E-state index in [-0.39, 0.29) is 28.8 Å². The quantitative estimate of drug-likeness (QED) is 0.0633. The molecule has 1 aliphatic rings. The molecule has 5 N–H and O–H groups in total. The molecular weight excluding hydrogens is 782 g/mol. The molecule has 0 saturated heterocycles. The van der Waals surface area contributed by atoms with Gasteiger partial charge < -0.3 is 40.8 Å². The van der Waals surface area contributed by atoms with Crippen molar-refractivity contribution in [2.45, 2.75) is 37.0 Å². The standard InChI is InChI=1S/C34H29ClF6N8O7/c1-54-28(53)24(16-42-26(51)27(52)43-21-10-12-23(13-11-21)56-34(39,40)41)45-25(50)18-2-8-22(9-3-18)44-29-46-30(48-31(47-29)55-17-33(36,37)38)49-32(14-15-32)19-4-6-20(35)7-5-19/h2-13,24H,14-17H2,1H3,(H,42,51)(H,43,52)(H,45,50)(H2,44,46,47,48,49)/t24-/m0/s1. The second-order valence-electron chi connectivity index (χ2n) is 11.9. The lowest BCUT2D eigenvalue weighted by Gasteiger charge is -2.19. The van der Waals surface area contributed by atoms with Crippen LogP contribution in [0.5, 0.6) is 11.8 Å². The second kappa shape index (κ2) is 17.0. The third-order valence-corrected chi connectivity index (χ3v) is 7.94. The molecule has 1 saturated carbocycles. The van der Waals surface area contributed by atoms with E-state index in [4.69, 9.17) is 16.3 Å². The first-order valence-corrected chi connectivity index (χ1v) is 16.5. The Morgan fingerprint density at radius 3 is 2.04 bits per heavy atom. The van der Waals surface area contributed by atoms with Crippen LogP contribution < -0.4 is 36.1 Å². The molecule has 1 heterocycles. The highest BCUT2D eigenvalue weighted by Crippen LogP contribution is 2.48. The van der Waals surface area contributed by atoms with Crippen LogP contribution in [-0.2, 0) is 24.7 Å². The first kappa shape index (κ1) is 40.8. The molecule has 3 amide bonds. The minimum absolute atomic E-state index is 0.0114. The molecule has 1 atom stereocenters. The van der Waals surface area contributed by atoms with Gasteiger partial charge in [-0.05, 0) is 79.1 Å². The maximum atomic E-state index is 13.0. The highest BCUT2D eigenvalue weighted by atomic mass is 35.5. The zero-order chi connectivity index (χ0) is 40.7. The Labute approximate surface area is 317 Å². The van der Waals surface area contributed by atoms with Gasteiger partial charge in [0.2, 0.25) is 11.9 Å². The summed E-state index contributed by atoms with van der Waals surface area (Å²) >= 11 is 6.01. The Kier molecular flexibility index (Phi) is 12.4. The number of rotatable bonds is 14. The first-order chi connectivity index (χ1) is 26.4. The number of carbonyl (C=O) groups excluding carboxylic acids is 4. The van der Waals surface area contributed by atoms with Crippen LogP contribution in [-0.4, -0.2) is 77.5 Å². The molecule has 15 nitrogen and oxygen atoms in total. The fourth-order valence-corrected chi connectivity index (χ4v) is 5.01. The molecule has 22 heteroatoms. The minimum atomic E-state index is -4.93. The van der Waals surface area contributed by atoms with Crippen LogP contribution in [0.4, 0.5) is 49.6 Å². The number of halogens is 7. The predicted octanol–water partition coefficient (Wildman–Crippen LogP) is 5.24. The number of aromatic nitrogens is 3. The Hall–Kier alpha value is -6.38. The monoisotopic (exact) mass is 810 g/mol. The SMILES string of the molecule is COC(=O)[C@H](CNC(=O)C(=O)Nc1ccc(OC(F)(F)F)cc1)NC(=O)c1ccc(Nc2nc(NC3(c4ccc(Cl)cc4)CC3)nc(OCC(F)(F)F)n2)cc1. The largest absolute Gasteiger partial charge is 0.573 e. The number of hydrogen-bond acceptors (Lipinski definition) is 12. The van der Waals surface area contributed by atoms with Gasteiger partial charge in [0.05, 0.1) is 12.6 Å². The van der Waals surface area contributed by atoms with E-state index >= 15 is 0 Å². The lowest BCUT2D eigenvalue weighted by atomic mass is 10.1. The Morgan fingerprint density at radius 2 is 1.45 bits per heavy atom. The lowest BCUT2D eigenvalue weighted by Crippen LogP contribution is -2.50. The van der Waals surface area contributed by atoms with E-state index in [9.17, 15) is 45.5 Å². The van der Waals surface area contributed by atoms with Crippen molar-refractivity contribution in [2.24, 2.45) is 0 Å². The van der Waals surface area contributed by atoms with Gasteiger partial charge in [0.15, 0.2) is 6.61 Å². The van der Waals surface area contributed by atoms with Crippen LogP contribution in [0, 0.1) is 0 Å². The summed E-state index contributed by atoms with van der Waals surface area (Å²) in [5, 5.41) is 13.2. The van der Waals surface area contributed by atoms with Crippen molar-refractivity contribution in [1.29, 1.82) is 0 Å². The molecule has 0 unspecified atom stereocenters. The number of anilines is 4. The average molecular weight is 811 g/mol. The Balaban J connectivity index is 1.20. The van der Waals surface area contributed by atoms with Crippen LogP contribution in [0.25, 0.3) is 0 Å². The number of ether oxygens (including phenoxy) is 3. The molecule has 1 aromatic heterocycles. The molecule has 0 radical (unpaired) electrons. The summed E-state index contributed by atoms with van der Waals surface area (Å²) in [5.74, 6) is -5.10. The van der Waals surface area contributed by atoms with E-state index < -0.39 is 72.7 Å². The van der Waals surface area contributed by atoms with Gasteiger partial charge in [-0.15, -0.1) is 13.2 Å². The summed E-state index contributed by atoms with van der Waals surface area (Å²) in [6, 6.07) is 14.3. The molecular formula is C34H29ClF6N8O7. The molecule has 0 spiro atoms. The van der Waals surface area contributed by atoms with Gasteiger partial charge in [-0.1, -0.05) is 23.7 Å². The third-order valence-electron chi connectivity index (χ3n) is 7.69. The molecule has 296 valence electrons. The van der Waals surface area contributed by atoms with Gasteiger partial charge >= 0.3 is 36.3 Å². The van der Waals surface area contributed by atoms with Gasteiger partial charge in [-0.3, -0.25) is 14.4 Å². The zero-order valence-electron chi connectivity index (χ0n) is 28.7. The number of carbonyl (C=O) groups is 4. The highest BCUT2D eigenvalue weighted by molar-refractivity contribution is 6.39. The summed E-state index contributed by atoms with van der Waals surface area (Å²) in [4.78, 5) is 62.3. The summed E-state index contributed by atoms with van der Waals surface area (Å²) in [5.41, 5.74) is 0.516. The lowest BCUT2D eigenvalue weighted by molar-refractivity contribution is -0.274. The normalized spacial score (nSPS) is 13.7. The fraction of sp³-hybridized carbons (Fsp3) is 0.265. The van der Waals surface area contributed by atoms with E-state index in [2.05, 4.69) is 51.0 Å². The number of nitrogens with one attached hydrogen (secondary N) is 5. The molecule has 0 aliphatic heterocycles. The van der Waals surface area contributed by atoms with Crippen LogP contribution in [0.15, 0.2) is 72.8 Å². The number of nitrogens with zero attached hydrogens (tertiary/aromatic N) is 3. The molecule has 1 fully saturated rings. The maximum Gasteiger partial charge on any atom is 0.573 e. The molecule has 1 aliphatic carbocycles. The van der Waals surface area contributed by atoms with Crippen LogP contribution in [0.3, 0.4) is 0 Å². The van der Waals surface area contributed by atoms with Crippen molar-refractivity contribution in [3.63, 3.8) is 0 Å². The van der Waals surface area contributed by atoms with E-state index in [0.29, 0.717) is 17.9 Å². The predicted molar refractivity (Wildman–Crippen MR) is 185 cm³/mol. The number of hydrogen-bond donors (Lipinski definition) is 5. The third kappa shape index (κ3) is 11.8. The van der Waals surface area contributed by atoms with E-state index in [1.165, 1.54) is 24.3 Å². The fourth-order valence-electron chi connectivity index (χ4n) is 4.89. The van der Waals surface area contributed by atoms with Crippen molar-refractivity contribution >= 4 is 58.6 Å². The summed E-state index contributed by atoms with van der Waals surface area (Å²) < 4.78 is 89.1. The number of alkyl halides is 6. The van der Waals surface area contributed by atoms with E-state index in [0.717, 1.165) is 36.9 Å². The molecule has 4 aromatic rings. The van der Waals surface area contributed by atoms with Gasteiger partial charge in [0, 0.05) is 28.5 Å². The van der Waals surface area contributed by atoms with Crippen molar-refractivity contribution < 1.29 is 59.7 Å². The van der Waals surface area contributed by atoms with Crippen molar-refractivity contribution in [2.75, 3.05) is 36.2 Å². The molecule has 5 rings (SSSR count). The number of methoxy groups -OCH3 is 1. The minimum Gasteiger partial charge on any atom is -0.467 e. The van der Waals surface area contributed by atoms with Gasteiger partial charge in [0.1, 0.15) is 11.8 Å². The summed E-state index contributed by atoms with van der Waals surface area (Å²) in [6.07, 6.45) is -8.25. The van der Waals surface area contributed by atoms with Crippen LogP contribution >= 0.6 is 11.6 Å². The first-order valence-electron chi connectivity index (χ1n) is 16.1. The van der Waals surface area contributed by atoms with Gasteiger partial charge in [-0.25, -0.2) is 4.79 Å². The van der Waals surface area contributed by atoms with Crippen LogP contribution in [0.1, 0.15) is 28.8 Å². The zero-order valence-corrected chi connectivity index (χ0v) is 29.4. The van der Waals surface area contributed by atoms with Crippen LogP contribution in [0.2, 0.25) is 5.02 Å². The average Bonchev–Trinajstić information content (AvgIpc) is 3.92. The number of benzene rings is 3. The summed E-state index contributed by atoms with van der Waals surface area (Å²) in [6.45, 7) is -2.26. The summed E-state index contributed by atoms with van der Waals surface area (Å²) in [7, 11) is 1.02. The van der Waals surface area contributed by atoms with Crippen molar-refractivity contribution in [3.05, 3.63) is 88.9 Å². The number of esters is 1. The number of amides is 3. The topological polar surface area (TPSA) is 195 Å². The van der Waals surface area contributed by atoms with E-state index in [1.807, 2.05) is 0 Å². The Bertz CT molecular complexity index is 2050. The Morgan fingerprint density at radius 1 is 0.821 bits per heavy atom. The molecule has 3 aromatic carbocycles. The van der Waals surface area contributed by atoms with Gasteiger partial charge in [0.25, 0.3) is 5.91 Å². The van der Waals surface area contributed by atoms with Crippen molar-refractivity contribution in [3.8, 4) is 11.8 Å². The maximum absolute atomic E-state index is 13.0. The van der Waals surface area contributed by atoms with Crippen molar-refractivity contribution in [1.82, 2.24) is 25.6 Å². The second-order valence-corrected chi connectivity index (χ2v) is 12.3. The smallest absolute Gasteiger partial charge is 0.467 e. The molecule has 0 bridgehead atoms.